The van der Waals surface area contributed by atoms with Crippen LogP contribution in [-0.4, -0.2) is 4.98 Å². The minimum atomic E-state index is 0.212. The highest BCUT2D eigenvalue weighted by molar-refractivity contribution is 5.69. The summed E-state index contributed by atoms with van der Waals surface area (Å²) in [6, 6.07) is 12.4. The number of hydrogen-bond donors (Lipinski definition) is 2. The summed E-state index contributed by atoms with van der Waals surface area (Å²) in [4.78, 5) is 4.27. The first kappa shape index (κ1) is 12.5. The van der Waals surface area contributed by atoms with Crippen LogP contribution in [0.2, 0.25) is 0 Å². The van der Waals surface area contributed by atoms with Crippen LogP contribution in [-0.2, 0) is 6.42 Å². The van der Waals surface area contributed by atoms with Crippen molar-refractivity contribution in [3.8, 4) is 6.07 Å². The van der Waals surface area contributed by atoms with Gasteiger partial charge < -0.3 is 11.1 Å². The number of hydrogen-bond acceptors (Lipinski definition) is 4. The number of nitrogens with one attached hydrogen (secondary N) is 1. The summed E-state index contributed by atoms with van der Waals surface area (Å²) in [6.45, 7) is 0. The monoisotopic (exact) mass is 264 g/mol. The normalized spacial score (nSPS) is 17.1. The van der Waals surface area contributed by atoms with Crippen LogP contribution in [0.4, 0.5) is 11.5 Å². The predicted molar refractivity (Wildman–Crippen MR) is 79.1 cm³/mol. The van der Waals surface area contributed by atoms with Crippen LogP contribution in [0, 0.1) is 11.3 Å². The molecule has 0 saturated carbocycles. The number of pyridine rings is 1. The second-order valence-corrected chi connectivity index (χ2v) is 5.02. The van der Waals surface area contributed by atoms with Gasteiger partial charge in [0.25, 0.3) is 0 Å². The van der Waals surface area contributed by atoms with Crippen LogP contribution in [0.3, 0.4) is 0 Å². The topological polar surface area (TPSA) is 74.7 Å². The number of aryl methyl sites for hydroxylation is 1. The highest BCUT2D eigenvalue weighted by Crippen LogP contribution is 2.33. The maximum atomic E-state index is 9.02. The van der Waals surface area contributed by atoms with E-state index in [1.807, 2.05) is 0 Å². The Labute approximate surface area is 118 Å². The van der Waals surface area contributed by atoms with Crippen molar-refractivity contribution in [1.29, 1.82) is 5.26 Å². The molecule has 0 amide bonds. The molecule has 100 valence electrons. The lowest BCUT2D eigenvalue weighted by Crippen LogP contribution is -2.18. The molecule has 0 saturated heterocycles. The minimum Gasteiger partial charge on any atom is -0.395 e. The van der Waals surface area contributed by atoms with Gasteiger partial charge >= 0.3 is 0 Å². The molecule has 1 atom stereocenters. The molecule has 1 aliphatic carbocycles. The van der Waals surface area contributed by atoms with E-state index in [1.54, 1.807) is 12.3 Å². The Morgan fingerprint density at radius 3 is 3.00 bits per heavy atom. The Balaban J connectivity index is 1.92. The molecule has 1 aliphatic rings. The van der Waals surface area contributed by atoms with Crippen LogP contribution in [0.25, 0.3) is 0 Å². The Morgan fingerprint density at radius 2 is 2.15 bits per heavy atom. The number of anilines is 2. The van der Waals surface area contributed by atoms with Gasteiger partial charge in [0.05, 0.1) is 17.3 Å². The van der Waals surface area contributed by atoms with Gasteiger partial charge in [-0.1, -0.05) is 24.3 Å². The van der Waals surface area contributed by atoms with E-state index < -0.39 is 0 Å². The van der Waals surface area contributed by atoms with Gasteiger partial charge in [-0.05, 0) is 36.5 Å². The first-order chi connectivity index (χ1) is 9.79. The Bertz CT molecular complexity index is 672. The number of benzene rings is 1. The maximum Gasteiger partial charge on any atom is 0.151 e. The summed E-state index contributed by atoms with van der Waals surface area (Å²) >= 11 is 0. The average molecular weight is 264 g/mol. The summed E-state index contributed by atoms with van der Waals surface area (Å²) < 4.78 is 0. The van der Waals surface area contributed by atoms with Crippen LogP contribution in [0.5, 0.6) is 0 Å². The molecule has 0 bridgehead atoms. The van der Waals surface area contributed by atoms with E-state index in [1.165, 1.54) is 11.1 Å². The van der Waals surface area contributed by atoms with Crippen molar-refractivity contribution in [2.75, 3.05) is 11.1 Å². The largest absolute Gasteiger partial charge is 0.395 e. The quantitative estimate of drug-likeness (QED) is 0.874. The summed E-state index contributed by atoms with van der Waals surface area (Å²) in [5, 5.41) is 12.4. The molecular formula is C16H16N4. The number of nitrogens with zero attached hydrogens (tertiary/aromatic N) is 2. The molecule has 1 unspecified atom stereocenters. The molecule has 2 aromatic rings. The number of nitrogen functional groups attached to an aromatic ring is 1. The van der Waals surface area contributed by atoms with Crippen molar-refractivity contribution in [3.63, 3.8) is 0 Å². The average Bonchev–Trinajstić information content (AvgIpc) is 2.50. The molecule has 3 N–H and O–H groups in total. The van der Waals surface area contributed by atoms with Crippen LogP contribution < -0.4 is 11.1 Å². The fourth-order valence-electron chi connectivity index (χ4n) is 2.75. The third-order valence-electron chi connectivity index (χ3n) is 3.79. The third-order valence-corrected chi connectivity index (χ3v) is 3.79. The second kappa shape index (κ2) is 5.22. The van der Waals surface area contributed by atoms with E-state index in [0.29, 0.717) is 17.1 Å². The van der Waals surface area contributed by atoms with Crippen molar-refractivity contribution in [1.82, 2.24) is 4.98 Å². The second-order valence-electron chi connectivity index (χ2n) is 5.02. The highest BCUT2D eigenvalue weighted by atomic mass is 15.0. The molecule has 0 aliphatic heterocycles. The molecule has 0 spiro atoms. The van der Waals surface area contributed by atoms with E-state index in [0.717, 1.165) is 19.3 Å². The van der Waals surface area contributed by atoms with E-state index >= 15 is 0 Å². The van der Waals surface area contributed by atoms with Crippen LogP contribution >= 0.6 is 0 Å². The van der Waals surface area contributed by atoms with Gasteiger partial charge in [0.15, 0.2) is 5.82 Å². The van der Waals surface area contributed by atoms with Crippen molar-refractivity contribution in [3.05, 3.63) is 53.2 Å². The zero-order valence-corrected chi connectivity index (χ0v) is 11.1. The van der Waals surface area contributed by atoms with E-state index in [2.05, 4.69) is 40.6 Å². The number of aromatic nitrogens is 1. The first-order valence-electron chi connectivity index (χ1n) is 6.78. The Kier molecular flexibility index (Phi) is 3.26. The van der Waals surface area contributed by atoms with Crippen molar-refractivity contribution in [2.45, 2.75) is 25.3 Å². The fourth-order valence-corrected chi connectivity index (χ4v) is 2.75. The van der Waals surface area contributed by atoms with Gasteiger partial charge in [-0.2, -0.15) is 5.26 Å². The molecule has 1 aromatic heterocycles. The zero-order chi connectivity index (χ0) is 13.9. The van der Waals surface area contributed by atoms with Gasteiger partial charge in [0, 0.05) is 6.20 Å². The number of nitrogens with two attached hydrogens (primary N) is 1. The number of nitriles is 1. The van der Waals surface area contributed by atoms with Crippen molar-refractivity contribution in [2.24, 2.45) is 0 Å². The molecule has 4 nitrogen and oxygen atoms in total. The van der Waals surface area contributed by atoms with E-state index in [-0.39, 0.29) is 6.04 Å². The van der Waals surface area contributed by atoms with Gasteiger partial charge in [-0.15, -0.1) is 0 Å². The maximum absolute atomic E-state index is 9.02. The van der Waals surface area contributed by atoms with Gasteiger partial charge in [-0.25, -0.2) is 4.98 Å². The summed E-state index contributed by atoms with van der Waals surface area (Å²) in [5.41, 5.74) is 9.57. The van der Waals surface area contributed by atoms with Gasteiger partial charge in [-0.3, -0.25) is 0 Å². The molecule has 0 fully saturated rings. The summed E-state index contributed by atoms with van der Waals surface area (Å²) in [7, 11) is 0. The van der Waals surface area contributed by atoms with Crippen LogP contribution in [0.1, 0.15) is 35.6 Å². The van der Waals surface area contributed by atoms with Crippen LogP contribution in [0.15, 0.2) is 36.5 Å². The lowest BCUT2D eigenvalue weighted by atomic mass is 9.88. The predicted octanol–water partition coefficient (Wildman–Crippen LogP) is 3.02. The van der Waals surface area contributed by atoms with E-state index in [4.69, 9.17) is 11.0 Å². The fraction of sp³-hybridized carbons (Fsp3) is 0.250. The van der Waals surface area contributed by atoms with Gasteiger partial charge in [0.2, 0.25) is 0 Å². The van der Waals surface area contributed by atoms with E-state index in [9.17, 15) is 0 Å². The molecule has 1 heterocycles. The number of rotatable bonds is 2. The summed E-state index contributed by atoms with van der Waals surface area (Å²) in [5.74, 6) is 0.603. The molecule has 4 heteroatoms. The highest BCUT2D eigenvalue weighted by Gasteiger charge is 2.20. The molecule has 20 heavy (non-hydrogen) atoms. The Hall–Kier alpha value is -2.54. The van der Waals surface area contributed by atoms with Gasteiger partial charge in [0.1, 0.15) is 6.07 Å². The molecule has 1 aromatic carbocycles. The third kappa shape index (κ3) is 2.19. The zero-order valence-electron chi connectivity index (χ0n) is 11.1. The Morgan fingerprint density at radius 1 is 1.30 bits per heavy atom. The lowest BCUT2D eigenvalue weighted by molar-refractivity contribution is 0.599. The number of fused-ring (bicyclic) bond motifs is 1. The molecule has 0 radical (unpaired) electrons. The standard InChI is InChI=1S/C16H16N4/c17-10-12-8-9-19-16(15(12)18)20-14-7-3-5-11-4-1-2-6-13(11)14/h1-2,4,6,8-9,14H,3,5,7,18H2,(H,19,20). The molecular weight excluding hydrogens is 248 g/mol. The van der Waals surface area contributed by atoms with Crippen molar-refractivity contribution >= 4 is 11.5 Å². The summed E-state index contributed by atoms with van der Waals surface area (Å²) in [6.07, 6.45) is 4.93. The minimum absolute atomic E-state index is 0.212. The SMILES string of the molecule is N#Cc1ccnc(NC2CCCc3ccccc32)c1N. The first-order valence-corrected chi connectivity index (χ1v) is 6.78. The smallest absolute Gasteiger partial charge is 0.151 e. The molecule has 3 rings (SSSR count). The lowest BCUT2D eigenvalue weighted by Gasteiger charge is -2.27. The van der Waals surface area contributed by atoms with Crippen molar-refractivity contribution < 1.29 is 0 Å².